The number of ether oxygens (including phenoxy) is 1. The summed E-state index contributed by atoms with van der Waals surface area (Å²) in [6.07, 6.45) is 3.59. The van der Waals surface area contributed by atoms with E-state index in [2.05, 4.69) is 4.99 Å². The standard InChI is InChI=1S/C19H16Cl2N2O2S/c1-26-19-22-17(11-13-5-2-3-8-16(13)21)18(24)23(19)9-10-25-15-7-4-6-14(20)12-15/h2-8,11-12H,9-10H2,1H3/b17-11-. The summed E-state index contributed by atoms with van der Waals surface area (Å²) in [6.45, 7) is 0.732. The number of carbonyl (C=O) groups excluding carboxylic acids is 1. The molecule has 2 aromatic rings. The summed E-state index contributed by atoms with van der Waals surface area (Å²) in [7, 11) is 0. The van der Waals surface area contributed by atoms with E-state index in [4.69, 9.17) is 27.9 Å². The third kappa shape index (κ3) is 4.41. The molecule has 0 N–H and O–H groups in total. The van der Waals surface area contributed by atoms with Gasteiger partial charge in [-0.15, -0.1) is 0 Å². The van der Waals surface area contributed by atoms with Gasteiger partial charge in [0.15, 0.2) is 5.17 Å². The average Bonchev–Trinajstić information content (AvgIpc) is 2.93. The van der Waals surface area contributed by atoms with Gasteiger partial charge in [0.05, 0.1) is 6.54 Å². The highest BCUT2D eigenvalue weighted by Gasteiger charge is 2.29. The maximum atomic E-state index is 12.7. The molecule has 26 heavy (non-hydrogen) atoms. The molecule has 1 heterocycles. The van der Waals surface area contributed by atoms with Crippen molar-refractivity contribution >= 4 is 52.1 Å². The second-order valence-corrected chi connectivity index (χ2v) is 7.03. The van der Waals surface area contributed by atoms with Crippen LogP contribution in [0.4, 0.5) is 0 Å². The van der Waals surface area contributed by atoms with Gasteiger partial charge in [-0.05, 0) is 42.2 Å². The number of hydrogen-bond donors (Lipinski definition) is 0. The highest BCUT2D eigenvalue weighted by Crippen LogP contribution is 2.25. The van der Waals surface area contributed by atoms with E-state index in [0.717, 1.165) is 5.56 Å². The van der Waals surface area contributed by atoms with Gasteiger partial charge in [0.25, 0.3) is 5.91 Å². The smallest absolute Gasteiger partial charge is 0.278 e. The Hall–Kier alpha value is -1.95. The lowest BCUT2D eigenvalue weighted by atomic mass is 10.2. The summed E-state index contributed by atoms with van der Waals surface area (Å²) in [5.41, 5.74) is 1.13. The number of nitrogens with zero attached hydrogens (tertiary/aromatic N) is 2. The van der Waals surface area contributed by atoms with Crippen molar-refractivity contribution in [2.75, 3.05) is 19.4 Å². The maximum absolute atomic E-state index is 12.7. The normalized spacial score (nSPS) is 15.5. The second-order valence-electron chi connectivity index (χ2n) is 5.41. The molecule has 0 bridgehead atoms. The van der Waals surface area contributed by atoms with Crippen molar-refractivity contribution in [3.05, 3.63) is 69.8 Å². The van der Waals surface area contributed by atoms with Gasteiger partial charge < -0.3 is 4.74 Å². The van der Waals surface area contributed by atoms with Crippen molar-refractivity contribution in [3.8, 4) is 5.75 Å². The summed E-state index contributed by atoms with van der Waals surface area (Å²) in [5.74, 6) is 0.502. The highest BCUT2D eigenvalue weighted by atomic mass is 35.5. The van der Waals surface area contributed by atoms with Crippen LogP contribution in [0, 0.1) is 0 Å². The molecule has 0 unspecified atom stereocenters. The molecule has 0 saturated carbocycles. The van der Waals surface area contributed by atoms with Crippen molar-refractivity contribution < 1.29 is 9.53 Å². The van der Waals surface area contributed by atoms with Gasteiger partial charge in [-0.1, -0.05) is 59.2 Å². The van der Waals surface area contributed by atoms with E-state index in [1.165, 1.54) is 11.8 Å². The Morgan fingerprint density at radius 3 is 2.73 bits per heavy atom. The maximum Gasteiger partial charge on any atom is 0.278 e. The lowest BCUT2D eigenvalue weighted by Gasteiger charge is -2.17. The zero-order valence-electron chi connectivity index (χ0n) is 14.0. The monoisotopic (exact) mass is 406 g/mol. The average molecular weight is 407 g/mol. The van der Waals surface area contributed by atoms with E-state index in [1.807, 2.05) is 36.6 Å². The minimum absolute atomic E-state index is 0.163. The first kappa shape index (κ1) is 18.8. The van der Waals surface area contributed by atoms with Crippen molar-refractivity contribution in [1.29, 1.82) is 0 Å². The van der Waals surface area contributed by atoms with Crippen LogP contribution in [0.5, 0.6) is 5.75 Å². The topological polar surface area (TPSA) is 41.9 Å². The van der Waals surface area contributed by atoms with Crippen LogP contribution in [0.2, 0.25) is 10.0 Å². The van der Waals surface area contributed by atoms with Crippen molar-refractivity contribution in [3.63, 3.8) is 0 Å². The first-order chi connectivity index (χ1) is 12.6. The number of benzene rings is 2. The van der Waals surface area contributed by atoms with Crippen LogP contribution in [-0.2, 0) is 4.79 Å². The van der Waals surface area contributed by atoms with Gasteiger partial charge in [-0.2, -0.15) is 0 Å². The van der Waals surface area contributed by atoms with Crippen molar-refractivity contribution in [1.82, 2.24) is 4.90 Å². The molecule has 0 radical (unpaired) electrons. The number of halogens is 2. The summed E-state index contributed by atoms with van der Waals surface area (Å²) in [6, 6.07) is 14.5. The van der Waals surface area contributed by atoms with Gasteiger partial charge in [0.1, 0.15) is 18.1 Å². The molecule has 0 saturated heterocycles. The number of carbonyl (C=O) groups is 1. The molecular weight excluding hydrogens is 391 g/mol. The van der Waals surface area contributed by atoms with Crippen LogP contribution < -0.4 is 4.74 Å². The Labute approximate surface area is 166 Å². The predicted octanol–water partition coefficient (Wildman–Crippen LogP) is 4.97. The molecule has 0 spiro atoms. The van der Waals surface area contributed by atoms with Gasteiger partial charge in [0, 0.05) is 10.0 Å². The second kappa shape index (κ2) is 8.62. The summed E-state index contributed by atoms with van der Waals surface area (Å²) in [5, 5.41) is 1.83. The molecule has 134 valence electrons. The lowest BCUT2D eigenvalue weighted by Crippen LogP contribution is -2.34. The molecule has 2 aromatic carbocycles. The molecule has 0 fully saturated rings. The van der Waals surface area contributed by atoms with Gasteiger partial charge in [0.2, 0.25) is 0 Å². The summed E-state index contributed by atoms with van der Waals surface area (Å²) >= 11 is 13.5. The molecule has 1 amide bonds. The molecule has 1 aliphatic heterocycles. The molecule has 0 aromatic heterocycles. The molecule has 1 aliphatic rings. The van der Waals surface area contributed by atoms with Gasteiger partial charge >= 0.3 is 0 Å². The number of rotatable bonds is 5. The van der Waals surface area contributed by atoms with Crippen LogP contribution in [0.15, 0.2) is 59.2 Å². The fourth-order valence-electron chi connectivity index (χ4n) is 2.43. The minimum Gasteiger partial charge on any atom is -0.492 e. The van der Waals surface area contributed by atoms with Crippen LogP contribution >= 0.6 is 35.0 Å². The lowest BCUT2D eigenvalue weighted by molar-refractivity contribution is -0.122. The van der Waals surface area contributed by atoms with Crippen LogP contribution in [-0.4, -0.2) is 35.4 Å². The number of hydrogen-bond acceptors (Lipinski definition) is 4. The van der Waals surface area contributed by atoms with Crippen LogP contribution in [0.3, 0.4) is 0 Å². The number of amides is 1. The Bertz CT molecular complexity index is 883. The van der Waals surface area contributed by atoms with Crippen LogP contribution in [0.1, 0.15) is 5.56 Å². The van der Waals surface area contributed by atoms with Crippen molar-refractivity contribution in [2.45, 2.75) is 0 Å². The van der Waals surface area contributed by atoms with E-state index in [-0.39, 0.29) is 5.91 Å². The molecule has 4 nitrogen and oxygen atoms in total. The zero-order valence-corrected chi connectivity index (χ0v) is 16.3. The van der Waals surface area contributed by atoms with E-state index >= 15 is 0 Å². The number of thioether (sulfide) groups is 1. The molecule has 0 atom stereocenters. The Balaban J connectivity index is 1.70. The van der Waals surface area contributed by atoms with E-state index in [9.17, 15) is 4.79 Å². The Morgan fingerprint density at radius 2 is 2.00 bits per heavy atom. The largest absolute Gasteiger partial charge is 0.492 e. The first-order valence-corrected chi connectivity index (χ1v) is 9.85. The Morgan fingerprint density at radius 1 is 1.19 bits per heavy atom. The van der Waals surface area contributed by atoms with Gasteiger partial charge in [-0.3, -0.25) is 9.69 Å². The van der Waals surface area contributed by atoms with E-state index in [0.29, 0.717) is 39.8 Å². The fourth-order valence-corrected chi connectivity index (χ4v) is 3.39. The molecular formula is C19H16Cl2N2O2S. The first-order valence-electron chi connectivity index (χ1n) is 7.87. The zero-order chi connectivity index (χ0) is 18.5. The van der Waals surface area contributed by atoms with Gasteiger partial charge in [-0.25, -0.2) is 4.99 Å². The highest BCUT2D eigenvalue weighted by molar-refractivity contribution is 8.13. The predicted molar refractivity (Wildman–Crippen MR) is 109 cm³/mol. The molecule has 3 rings (SSSR count). The number of aliphatic imine (C=N–C) groups is 1. The van der Waals surface area contributed by atoms with E-state index in [1.54, 1.807) is 29.2 Å². The minimum atomic E-state index is -0.163. The SMILES string of the molecule is CSC1=N/C(=C\c2ccccc2Cl)C(=O)N1CCOc1cccc(Cl)c1. The molecule has 0 aliphatic carbocycles. The quantitative estimate of drug-likeness (QED) is 0.657. The van der Waals surface area contributed by atoms with Crippen molar-refractivity contribution in [2.24, 2.45) is 4.99 Å². The van der Waals surface area contributed by atoms with E-state index < -0.39 is 0 Å². The summed E-state index contributed by atoms with van der Waals surface area (Å²) in [4.78, 5) is 18.7. The third-order valence-electron chi connectivity index (χ3n) is 3.67. The van der Waals surface area contributed by atoms with Crippen LogP contribution in [0.25, 0.3) is 6.08 Å². The molecule has 7 heteroatoms. The Kier molecular flexibility index (Phi) is 6.25. The summed E-state index contributed by atoms with van der Waals surface area (Å²) < 4.78 is 5.68. The third-order valence-corrected chi connectivity index (χ3v) is 4.93. The number of amidine groups is 1. The fraction of sp³-hybridized carbons (Fsp3) is 0.158.